The molecule has 0 saturated carbocycles. The Morgan fingerprint density at radius 1 is 1.21 bits per heavy atom. The van der Waals surface area contributed by atoms with Crippen molar-refractivity contribution in [2.75, 3.05) is 26.4 Å². The summed E-state index contributed by atoms with van der Waals surface area (Å²) in [6, 6.07) is 9.71. The molecular weight excluding hydrogens is 180 g/mol. The number of aliphatic hydroxyl groups is 1. The smallest absolute Gasteiger partial charge is 0.139 e. The van der Waals surface area contributed by atoms with E-state index in [9.17, 15) is 5.11 Å². The number of benzene rings is 1. The number of hydrogen-bond acceptors (Lipinski definition) is 3. The molecule has 1 aliphatic heterocycles. The molecule has 0 unspecified atom stereocenters. The van der Waals surface area contributed by atoms with Gasteiger partial charge in [-0.3, -0.25) is 0 Å². The van der Waals surface area contributed by atoms with Gasteiger partial charge in [0, 0.05) is 0 Å². The molecule has 14 heavy (non-hydrogen) atoms. The first-order chi connectivity index (χ1) is 6.87. The normalized spacial score (nSPS) is 27.5. The van der Waals surface area contributed by atoms with Crippen molar-refractivity contribution in [3.63, 3.8) is 0 Å². The first-order valence-corrected chi connectivity index (χ1v) is 4.75. The van der Waals surface area contributed by atoms with Crippen molar-refractivity contribution >= 4 is 0 Å². The highest BCUT2D eigenvalue weighted by molar-refractivity contribution is 5.23. The van der Waals surface area contributed by atoms with Crippen LogP contribution < -0.4 is 0 Å². The average Bonchev–Trinajstić information content (AvgIpc) is 2.31. The van der Waals surface area contributed by atoms with Crippen LogP contribution in [0.4, 0.5) is 0 Å². The van der Waals surface area contributed by atoms with Crippen LogP contribution in [-0.4, -0.2) is 31.5 Å². The number of aliphatic hydroxyl groups excluding tert-OH is 1. The van der Waals surface area contributed by atoms with Crippen molar-refractivity contribution in [2.45, 2.75) is 5.60 Å². The molecule has 0 radical (unpaired) electrons. The molecule has 1 aromatic rings. The molecule has 0 amide bonds. The van der Waals surface area contributed by atoms with Gasteiger partial charge in [-0.05, 0) is 5.56 Å². The molecule has 1 saturated heterocycles. The highest BCUT2D eigenvalue weighted by Gasteiger charge is 2.35. The fourth-order valence-corrected chi connectivity index (χ4v) is 1.67. The molecule has 0 spiro atoms. The summed E-state index contributed by atoms with van der Waals surface area (Å²) >= 11 is 0. The summed E-state index contributed by atoms with van der Waals surface area (Å²) < 4.78 is 11.0. The minimum Gasteiger partial charge on any atom is -0.393 e. The summed E-state index contributed by atoms with van der Waals surface area (Å²) in [5, 5.41) is 9.39. The Bertz CT molecular complexity index is 278. The van der Waals surface area contributed by atoms with Crippen LogP contribution in [-0.2, 0) is 15.1 Å². The number of hydrogen-bond donors (Lipinski definition) is 1. The first kappa shape index (κ1) is 9.65. The van der Waals surface area contributed by atoms with Gasteiger partial charge in [-0.25, -0.2) is 0 Å². The van der Waals surface area contributed by atoms with Crippen molar-refractivity contribution in [1.82, 2.24) is 0 Å². The van der Waals surface area contributed by atoms with Crippen molar-refractivity contribution in [3.8, 4) is 0 Å². The third-order valence-corrected chi connectivity index (χ3v) is 2.50. The lowest BCUT2D eigenvalue weighted by Crippen LogP contribution is -2.43. The summed E-state index contributed by atoms with van der Waals surface area (Å²) in [6.45, 7) is 1.52. The standard InChI is InChI=1S/C11H14O3/c12-8-11(9-13-6-7-14-11)10-4-2-1-3-5-10/h1-5,12H,6-9H2/t11-/m0/s1. The van der Waals surface area contributed by atoms with Crippen LogP contribution in [0.25, 0.3) is 0 Å². The van der Waals surface area contributed by atoms with E-state index in [1.54, 1.807) is 0 Å². The lowest BCUT2D eigenvalue weighted by molar-refractivity contribution is -0.180. The van der Waals surface area contributed by atoms with Crippen LogP contribution >= 0.6 is 0 Å². The molecular formula is C11H14O3. The molecule has 0 aliphatic carbocycles. The van der Waals surface area contributed by atoms with Crippen LogP contribution in [0.15, 0.2) is 30.3 Å². The van der Waals surface area contributed by atoms with E-state index in [1.165, 1.54) is 0 Å². The van der Waals surface area contributed by atoms with E-state index in [1.807, 2.05) is 30.3 Å². The highest BCUT2D eigenvalue weighted by Crippen LogP contribution is 2.27. The Kier molecular flexibility index (Phi) is 2.82. The largest absolute Gasteiger partial charge is 0.393 e. The molecule has 0 bridgehead atoms. The molecule has 3 heteroatoms. The minimum atomic E-state index is -0.653. The zero-order valence-electron chi connectivity index (χ0n) is 7.98. The predicted molar refractivity (Wildman–Crippen MR) is 52.0 cm³/mol. The van der Waals surface area contributed by atoms with Crippen molar-refractivity contribution < 1.29 is 14.6 Å². The zero-order valence-corrected chi connectivity index (χ0v) is 7.98. The Balaban J connectivity index is 2.27. The molecule has 1 aliphatic rings. The van der Waals surface area contributed by atoms with Gasteiger partial charge in [0.15, 0.2) is 0 Å². The molecule has 1 atom stereocenters. The summed E-state index contributed by atoms with van der Waals surface area (Å²) in [5.41, 5.74) is 0.321. The van der Waals surface area contributed by atoms with Crippen molar-refractivity contribution in [3.05, 3.63) is 35.9 Å². The van der Waals surface area contributed by atoms with Crippen molar-refractivity contribution in [1.29, 1.82) is 0 Å². The molecule has 1 fully saturated rings. The molecule has 1 N–H and O–H groups in total. The Morgan fingerprint density at radius 3 is 2.57 bits per heavy atom. The van der Waals surface area contributed by atoms with E-state index in [2.05, 4.69) is 0 Å². The quantitative estimate of drug-likeness (QED) is 0.761. The third kappa shape index (κ3) is 1.66. The fraction of sp³-hybridized carbons (Fsp3) is 0.455. The van der Waals surface area contributed by atoms with Gasteiger partial charge in [0.05, 0.1) is 26.4 Å². The van der Waals surface area contributed by atoms with Gasteiger partial charge in [-0.15, -0.1) is 0 Å². The van der Waals surface area contributed by atoms with Crippen molar-refractivity contribution in [2.24, 2.45) is 0 Å². The Morgan fingerprint density at radius 2 is 2.00 bits per heavy atom. The molecule has 76 valence electrons. The summed E-state index contributed by atoms with van der Waals surface area (Å²) in [4.78, 5) is 0. The Hall–Kier alpha value is -0.900. The SMILES string of the molecule is OC[C@@]1(c2ccccc2)COCCO1. The zero-order chi connectivity index (χ0) is 9.86. The van der Waals surface area contributed by atoms with E-state index in [0.717, 1.165) is 5.56 Å². The third-order valence-electron chi connectivity index (χ3n) is 2.50. The average molecular weight is 194 g/mol. The maximum atomic E-state index is 9.39. The molecule has 3 nitrogen and oxygen atoms in total. The van der Waals surface area contributed by atoms with Gasteiger partial charge in [0.2, 0.25) is 0 Å². The second-order valence-electron chi connectivity index (χ2n) is 3.42. The van der Waals surface area contributed by atoms with E-state index in [4.69, 9.17) is 9.47 Å². The number of ether oxygens (including phenoxy) is 2. The topological polar surface area (TPSA) is 38.7 Å². The summed E-state index contributed by atoms with van der Waals surface area (Å²) in [6.07, 6.45) is 0. The van der Waals surface area contributed by atoms with Gasteiger partial charge in [-0.2, -0.15) is 0 Å². The summed E-state index contributed by atoms with van der Waals surface area (Å²) in [7, 11) is 0. The molecule has 1 heterocycles. The maximum Gasteiger partial charge on any atom is 0.139 e. The minimum absolute atomic E-state index is 0.0446. The molecule has 0 aromatic heterocycles. The van der Waals surface area contributed by atoms with Gasteiger partial charge in [-0.1, -0.05) is 30.3 Å². The highest BCUT2D eigenvalue weighted by atomic mass is 16.6. The van der Waals surface area contributed by atoms with Gasteiger partial charge in [0.1, 0.15) is 5.60 Å². The van der Waals surface area contributed by atoms with E-state index in [0.29, 0.717) is 19.8 Å². The summed E-state index contributed by atoms with van der Waals surface area (Å²) in [5.74, 6) is 0. The van der Waals surface area contributed by atoms with Crippen LogP contribution in [0.2, 0.25) is 0 Å². The van der Waals surface area contributed by atoms with E-state index < -0.39 is 5.60 Å². The van der Waals surface area contributed by atoms with Crippen LogP contribution in [0.1, 0.15) is 5.56 Å². The fourth-order valence-electron chi connectivity index (χ4n) is 1.67. The maximum absolute atomic E-state index is 9.39. The monoisotopic (exact) mass is 194 g/mol. The van der Waals surface area contributed by atoms with Gasteiger partial charge >= 0.3 is 0 Å². The van der Waals surface area contributed by atoms with E-state index in [-0.39, 0.29) is 6.61 Å². The predicted octanol–water partition coefficient (Wildman–Crippen LogP) is 0.921. The lowest BCUT2D eigenvalue weighted by Gasteiger charge is -2.35. The molecule has 1 aromatic carbocycles. The van der Waals surface area contributed by atoms with Crippen LogP contribution in [0, 0.1) is 0 Å². The lowest BCUT2D eigenvalue weighted by atomic mass is 9.95. The number of rotatable bonds is 2. The second kappa shape index (κ2) is 4.09. The van der Waals surface area contributed by atoms with E-state index >= 15 is 0 Å². The molecule has 2 rings (SSSR count). The van der Waals surface area contributed by atoms with Crippen LogP contribution in [0.3, 0.4) is 0 Å². The Labute approximate surface area is 83.3 Å². The van der Waals surface area contributed by atoms with Gasteiger partial charge < -0.3 is 14.6 Å². The van der Waals surface area contributed by atoms with Crippen LogP contribution in [0.5, 0.6) is 0 Å². The first-order valence-electron chi connectivity index (χ1n) is 4.75. The second-order valence-corrected chi connectivity index (χ2v) is 3.42. The van der Waals surface area contributed by atoms with Gasteiger partial charge in [0.25, 0.3) is 0 Å².